The largest absolute Gasteiger partial charge is 0.499 e. The molecule has 0 aromatic carbocycles. The third-order valence-corrected chi connectivity index (χ3v) is 5.64. The first kappa shape index (κ1) is 8.88. The van der Waals surface area contributed by atoms with Gasteiger partial charge in [-0.1, -0.05) is 0 Å². The topological polar surface area (TPSA) is 40.5 Å². The fraction of sp³-hybridized carbons (Fsp3) is 0. The Hall–Kier alpha value is -0.395. The summed E-state index contributed by atoms with van der Waals surface area (Å²) in [5, 5.41) is 20.1. The van der Waals surface area contributed by atoms with Crippen molar-refractivity contribution in [2.24, 2.45) is 0 Å². The molecule has 0 aliphatic carbocycles. The monoisotopic (exact) mass is 240 g/mol. The molecule has 0 radical (unpaired) electrons. The number of fused-ring (bicyclic) bond motifs is 3. The van der Waals surface area contributed by atoms with Crippen molar-refractivity contribution < 1.29 is 10.0 Å². The lowest BCUT2D eigenvalue weighted by Gasteiger charge is -1.88. The van der Waals surface area contributed by atoms with E-state index in [1.54, 1.807) is 22.7 Å². The van der Waals surface area contributed by atoms with E-state index in [9.17, 15) is 0 Å². The molecule has 0 amide bonds. The first-order valence-corrected chi connectivity index (χ1v) is 6.52. The van der Waals surface area contributed by atoms with Crippen LogP contribution in [0, 0.1) is 0 Å². The highest BCUT2D eigenvalue weighted by molar-refractivity contribution is 7.40. The maximum absolute atomic E-state index is 9.04. The third kappa shape index (κ3) is 1.16. The van der Waals surface area contributed by atoms with Gasteiger partial charge in [0.05, 0.1) is 9.40 Å². The Morgan fingerprint density at radius 1 is 1.07 bits per heavy atom. The highest BCUT2D eigenvalue weighted by Gasteiger charge is 2.17. The first-order chi connectivity index (χ1) is 6.75. The van der Waals surface area contributed by atoms with Gasteiger partial charge in [0.25, 0.3) is 0 Å². The number of hydrogen-bond acceptors (Lipinski definition) is 5. The molecule has 0 fully saturated rings. The van der Waals surface area contributed by atoms with Crippen molar-refractivity contribution in [3.63, 3.8) is 0 Å². The predicted molar refractivity (Wildman–Crippen MR) is 64.9 cm³/mol. The summed E-state index contributed by atoms with van der Waals surface area (Å²) in [6, 6.07) is 3.97. The molecular weight excluding hydrogens is 235 g/mol. The van der Waals surface area contributed by atoms with Gasteiger partial charge in [-0.25, -0.2) is 0 Å². The van der Waals surface area contributed by atoms with Crippen molar-refractivity contribution in [1.29, 1.82) is 0 Å². The van der Waals surface area contributed by atoms with Gasteiger partial charge >= 0.3 is 7.12 Å². The zero-order chi connectivity index (χ0) is 9.71. The number of thiophene rings is 3. The van der Waals surface area contributed by atoms with E-state index in [1.165, 1.54) is 25.4 Å². The zero-order valence-corrected chi connectivity index (χ0v) is 9.38. The minimum atomic E-state index is -1.34. The quantitative estimate of drug-likeness (QED) is 0.637. The molecule has 0 bridgehead atoms. The highest BCUT2D eigenvalue weighted by atomic mass is 32.1. The SMILES string of the molecule is OB(O)c1cc2sc3ccsc3c2s1. The standard InChI is InChI=1S/C8H5BO2S3/c10-9(11)6-3-5-8(14-6)7-4(13-5)1-2-12-7/h1-3,10-11H. The second kappa shape index (κ2) is 3.05. The molecule has 0 atom stereocenters. The molecular formula is C8H5BO2S3. The van der Waals surface area contributed by atoms with Crippen molar-refractivity contribution in [3.8, 4) is 0 Å². The fourth-order valence-corrected chi connectivity index (χ4v) is 5.06. The van der Waals surface area contributed by atoms with Crippen LogP contribution >= 0.6 is 34.0 Å². The fourth-order valence-electron chi connectivity index (χ4n) is 1.42. The van der Waals surface area contributed by atoms with E-state index in [4.69, 9.17) is 10.0 Å². The summed E-state index contributed by atoms with van der Waals surface area (Å²) in [6.07, 6.45) is 0. The Kier molecular flexibility index (Phi) is 1.93. The van der Waals surface area contributed by atoms with Crippen molar-refractivity contribution in [1.82, 2.24) is 0 Å². The van der Waals surface area contributed by atoms with Gasteiger partial charge in [0.2, 0.25) is 0 Å². The normalized spacial score (nSPS) is 11.6. The minimum Gasteiger partial charge on any atom is -0.423 e. The zero-order valence-electron chi connectivity index (χ0n) is 6.93. The lowest BCUT2D eigenvalue weighted by atomic mass is 9.90. The van der Waals surface area contributed by atoms with E-state index in [2.05, 4.69) is 11.4 Å². The average molecular weight is 240 g/mol. The Morgan fingerprint density at radius 2 is 1.93 bits per heavy atom. The van der Waals surface area contributed by atoms with Crippen molar-refractivity contribution in [3.05, 3.63) is 17.5 Å². The Balaban J connectivity index is 2.37. The summed E-state index contributed by atoms with van der Waals surface area (Å²) in [7, 11) is -1.34. The second-order valence-electron chi connectivity index (χ2n) is 2.93. The molecule has 0 aliphatic rings. The van der Waals surface area contributed by atoms with Crippen molar-refractivity contribution >= 4 is 64.7 Å². The molecule has 2 N–H and O–H groups in total. The van der Waals surface area contributed by atoms with Crippen LogP contribution in [0.15, 0.2) is 17.5 Å². The third-order valence-electron chi connectivity index (χ3n) is 2.03. The summed E-state index contributed by atoms with van der Waals surface area (Å²) in [4.78, 5) is 0. The molecule has 3 aromatic heterocycles. The molecule has 0 saturated carbocycles. The molecule has 6 heteroatoms. The molecule has 3 heterocycles. The summed E-state index contributed by atoms with van der Waals surface area (Å²) < 4.78 is 5.52. The van der Waals surface area contributed by atoms with Crippen LogP contribution in [0.4, 0.5) is 0 Å². The van der Waals surface area contributed by atoms with Gasteiger partial charge in [0.1, 0.15) is 0 Å². The van der Waals surface area contributed by atoms with Gasteiger partial charge < -0.3 is 10.0 Å². The van der Waals surface area contributed by atoms with Gasteiger partial charge in [0.15, 0.2) is 0 Å². The van der Waals surface area contributed by atoms with Crippen LogP contribution in [0.3, 0.4) is 0 Å². The smallest absolute Gasteiger partial charge is 0.423 e. The molecule has 0 aliphatic heterocycles. The van der Waals surface area contributed by atoms with Crippen LogP contribution in [-0.2, 0) is 0 Å². The molecule has 70 valence electrons. The molecule has 3 aromatic rings. The van der Waals surface area contributed by atoms with E-state index >= 15 is 0 Å². The highest BCUT2D eigenvalue weighted by Crippen LogP contribution is 2.39. The molecule has 14 heavy (non-hydrogen) atoms. The lowest BCUT2D eigenvalue weighted by molar-refractivity contribution is 0.427. The van der Waals surface area contributed by atoms with E-state index in [-0.39, 0.29) is 0 Å². The van der Waals surface area contributed by atoms with Gasteiger partial charge in [-0.15, -0.1) is 34.0 Å². The molecule has 0 saturated heterocycles. The summed E-state index contributed by atoms with van der Waals surface area (Å²) >= 11 is 4.88. The summed E-state index contributed by atoms with van der Waals surface area (Å²) in [5.41, 5.74) is 0. The summed E-state index contributed by atoms with van der Waals surface area (Å²) in [5.74, 6) is 0. The van der Waals surface area contributed by atoms with Gasteiger partial charge in [-0.3, -0.25) is 0 Å². The first-order valence-electron chi connectivity index (χ1n) is 4.01. The van der Waals surface area contributed by atoms with Crippen LogP contribution in [0.25, 0.3) is 18.8 Å². The van der Waals surface area contributed by atoms with Gasteiger partial charge in [-0.2, -0.15) is 0 Å². The van der Waals surface area contributed by atoms with Crippen LogP contribution in [0.1, 0.15) is 0 Å². The van der Waals surface area contributed by atoms with Crippen LogP contribution in [-0.4, -0.2) is 17.2 Å². The van der Waals surface area contributed by atoms with Crippen LogP contribution in [0.2, 0.25) is 0 Å². The second-order valence-corrected chi connectivity index (χ2v) is 6.02. The maximum Gasteiger partial charge on any atom is 0.499 e. The number of rotatable bonds is 1. The van der Waals surface area contributed by atoms with E-state index in [1.807, 2.05) is 6.07 Å². The molecule has 0 unspecified atom stereocenters. The van der Waals surface area contributed by atoms with Crippen LogP contribution < -0.4 is 4.78 Å². The van der Waals surface area contributed by atoms with Crippen molar-refractivity contribution in [2.45, 2.75) is 0 Å². The van der Waals surface area contributed by atoms with Crippen molar-refractivity contribution in [2.75, 3.05) is 0 Å². The van der Waals surface area contributed by atoms with E-state index in [0.717, 1.165) is 4.70 Å². The van der Waals surface area contributed by atoms with Gasteiger partial charge in [-0.05, 0) is 17.5 Å². The Bertz CT molecular complexity index is 592. The Morgan fingerprint density at radius 3 is 2.71 bits per heavy atom. The van der Waals surface area contributed by atoms with Crippen LogP contribution in [0.5, 0.6) is 0 Å². The molecule has 2 nitrogen and oxygen atoms in total. The summed E-state index contributed by atoms with van der Waals surface area (Å²) in [6.45, 7) is 0. The molecule has 3 rings (SSSR count). The average Bonchev–Trinajstić information content (AvgIpc) is 2.70. The van der Waals surface area contributed by atoms with Gasteiger partial charge in [0, 0.05) is 14.2 Å². The molecule has 0 spiro atoms. The number of hydrogen-bond donors (Lipinski definition) is 2. The predicted octanol–water partition coefficient (Wildman–Crippen LogP) is 1.86. The maximum atomic E-state index is 9.04. The van der Waals surface area contributed by atoms with E-state index < -0.39 is 7.12 Å². The Labute approximate surface area is 92.2 Å². The lowest BCUT2D eigenvalue weighted by Crippen LogP contribution is -2.26. The minimum absolute atomic E-state index is 0.626. The van der Waals surface area contributed by atoms with E-state index in [0.29, 0.717) is 4.78 Å².